The van der Waals surface area contributed by atoms with Crippen molar-refractivity contribution in [3.05, 3.63) is 181 Å². The van der Waals surface area contributed by atoms with Crippen LogP contribution in [-0.2, 0) is 42.1 Å². The quantitative estimate of drug-likeness (QED) is 0.127. The zero-order valence-electron chi connectivity index (χ0n) is 29.8. The van der Waals surface area contributed by atoms with Crippen LogP contribution in [0.3, 0.4) is 0 Å². The van der Waals surface area contributed by atoms with Gasteiger partial charge in [0.1, 0.15) is 0 Å². The first kappa shape index (κ1) is 41.1. The molecule has 8 rings (SSSR count). The van der Waals surface area contributed by atoms with Gasteiger partial charge < -0.3 is 66.8 Å². The summed E-state index contributed by atoms with van der Waals surface area (Å²) in [6, 6.07) is 51.7. The Balaban J connectivity index is 0.000000196. The Morgan fingerprint density at radius 2 is 0.833 bits per heavy atom. The van der Waals surface area contributed by atoms with Crippen molar-refractivity contribution < 1.29 is 51.6 Å². The van der Waals surface area contributed by atoms with Crippen LogP contribution in [0.5, 0.6) is 23.3 Å². The Morgan fingerprint density at radius 1 is 0.500 bits per heavy atom. The van der Waals surface area contributed by atoms with Gasteiger partial charge in [0.2, 0.25) is 11.8 Å². The van der Waals surface area contributed by atoms with Gasteiger partial charge in [-0.15, -0.1) is 0 Å². The van der Waals surface area contributed by atoms with Gasteiger partial charge in [-0.25, -0.2) is 22.1 Å². The van der Waals surface area contributed by atoms with Crippen molar-refractivity contribution in [1.29, 1.82) is 0 Å². The van der Waals surface area contributed by atoms with Crippen LogP contribution in [0.4, 0.5) is 0 Å². The van der Waals surface area contributed by atoms with Crippen LogP contribution in [0.25, 0.3) is 32.7 Å². The fourth-order valence-corrected chi connectivity index (χ4v) is 5.78. The molecule has 4 aromatic carbocycles. The first-order valence-electron chi connectivity index (χ1n) is 16.4. The van der Waals surface area contributed by atoms with Crippen molar-refractivity contribution in [2.45, 2.75) is 27.7 Å². The third kappa shape index (κ3) is 9.47. The van der Waals surface area contributed by atoms with Gasteiger partial charge in [-0.05, 0) is 39.8 Å². The van der Waals surface area contributed by atoms with E-state index in [0.717, 1.165) is 22.8 Å². The molecule has 0 fully saturated rings. The van der Waals surface area contributed by atoms with Crippen LogP contribution in [0.2, 0.25) is 0 Å². The van der Waals surface area contributed by atoms with E-state index in [1.54, 1.807) is 57.9 Å². The Hall–Kier alpha value is -5.64. The van der Waals surface area contributed by atoms with E-state index in [0.29, 0.717) is 34.4 Å². The predicted molar refractivity (Wildman–Crippen MR) is 204 cm³/mol. The number of aryl methyl sites for hydroxylation is 4. The number of hydrogen-bond acceptors (Lipinski definition) is 4. The van der Waals surface area contributed by atoms with E-state index >= 15 is 0 Å². The summed E-state index contributed by atoms with van der Waals surface area (Å²) in [5.74, 6) is 2.08. The molecule has 0 N–H and O–H groups in total. The number of hydrogen-bond donors (Lipinski definition) is 0. The molecule has 0 aliphatic heterocycles. The number of fused-ring (bicyclic) bond motifs is 2. The van der Waals surface area contributed by atoms with Crippen molar-refractivity contribution in [2.75, 3.05) is 0 Å². The van der Waals surface area contributed by atoms with Gasteiger partial charge in [0.05, 0.1) is 0 Å². The van der Waals surface area contributed by atoms with E-state index < -0.39 is 0 Å². The molecule has 0 bridgehead atoms. The van der Waals surface area contributed by atoms with E-state index in [4.69, 9.17) is 22.3 Å². The topological polar surface area (TPSA) is 54.1 Å². The van der Waals surface area contributed by atoms with Crippen LogP contribution in [0.1, 0.15) is 22.8 Å². The van der Waals surface area contributed by atoms with Crippen molar-refractivity contribution >= 4 is 21.5 Å². The van der Waals surface area contributed by atoms with Crippen LogP contribution in [-0.4, -0.2) is 19.1 Å². The summed E-state index contributed by atoms with van der Waals surface area (Å²) in [5.41, 5.74) is 5.69. The van der Waals surface area contributed by atoms with E-state index in [-0.39, 0.29) is 42.1 Å². The minimum absolute atomic E-state index is 0. The summed E-state index contributed by atoms with van der Waals surface area (Å²) < 4.78 is 15.0. The third-order valence-electron chi connectivity index (χ3n) is 8.35. The molecular weight excluding hydrogens is 1030 g/mol. The maximum absolute atomic E-state index is 7.17. The molecule has 0 saturated heterocycles. The maximum atomic E-state index is 7.17. The maximum Gasteiger partial charge on any atom is 0.215 e. The second-order valence-corrected chi connectivity index (χ2v) is 11.6. The Kier molecular flexibility index (Phi) is 14.8. The molecule has 0 aliphatic carbocycles. The molecule has 54 heavy (non-hydrogen) atoms. The van der Waals surface area contributed by atoms with Crippen molar-refractivity contribution in [1.82, 2.24) is 19.1 Å². The summed E-state index contributed by atoms with van der Waals surface area (Å²) >= 11 is 0. The summed E-state index contributed by atoms with van der Waals surface area (Å²) in [6.45, 7) is 8.04. The standard InChI is InChI=1S/C22H12N2O2.2C12H10N.2Pt/c1-3-13-23-21(11-1)25-19-9-5-7-17(15-19)18-8-6-10-20(16-18)26-22-12-2-4-14-24-22;2*1-4-13-9(2)11-7-5-6-8-12(11)10(13)3;;/h1-6,9-14H;2*5-8H,2-3H3;;/q-4;2*-1;;. The van der Waals surface area contributed by atoms with Gasteiger partial charge in [-0.3, -0.25) is 12.1 Å². The number of pyridine rings is 2. The van der Waals surface area contributed by atoms with Crippen LogP contribution in [0, 0.1) is 76.9 Å². The molecule has 0 spiro atoms. The minimum Gasteiger partial charge on any atom is -0.669 e. The van der Waals surface area contributed by atoms with E-state index in [1.165, 1.54) is 21.5 Å². The Bertz CT molecular complexity index is 2290. The van der Waals surface area contributed by atoms with Crippen LogP contribution in [0.15, 0.2) is 122 Å². The monoisotopic (exact) mass is 1060 g/mol. The molecule has 0 unspecified atom stereocenters. The summed E-state index contributed by atoms with van der Waals surface area (Å²) in [7, 11) is 0. The normalized spacial score (nSPS) is 9.89. The molecule has 0 saturated carbocycles. The van der Waals surface area contributed by atoms with Crippen LogP contribution < -0.4 is 9.47 Å². The van der Waals surface area contributed by atoms with E-state index in [9.17, 15) is 0 Å². The van der Waals surface area contributed by atoms with Crippen molar-refractivity contribution in [3.63, 3.8) is 0 Å². The average molecular weight is 1060 g/mol. The van der Waals surface area contributed by atoms with Crippen molar-refractivity contribution in [3.8, 4) is 46.5 Å². The van der Waals surface area contributed by atoms with E-state index in [1.807, 2.05) is 76.2 Å². The molecular formula is C46H32N4O2Pt2-6. The number of rotatable bonds is 5. The zero-order valence-corrected chi connectivity index (χ0v) is 34.3. The van der Waals surface area contributed by atoms with Crippen LogP contribution >= 0.6 is 0 Å². The van der Waals surface area contributed by atoms with Gasteiger partial charge in [-0.2, -0.15) is 12.1 Å². The molecule has 4 aromatic heterocycles. The SMILES string of the molecule is [C-]#Cn1c(C)c2ccccc2c1C.[C-]#Cn1c(C)c2ccccc2c1C.[Pt].[Pt].[c-]1ccc(Oc2ccccn2)[c-]c1-c1[c-]ccc(Oc2ccccn2)[c-]1. The predicted octanol–water partition coefficient (Wildman–Crippen LogP) is 10.2. The van der Waals surface area contributed by atoms with Gasteiger partial charge >= 0.3 is 0 Å². The molecule has 4 heterocycles. The second-order valence-electron chi connectivity index (χ2n) is 11.6. The molecule has 8 aromatic rings. The van der Waals surface area contributed by atoms with Gasteiger partial charge in [-0.1, -0.05) is 72.2 Å². The molecule has 8 heteroatoms. The zero-order chi connectivity index (χ0) is 36.5. The van der Waals surface area contributed by atoms with Crippen molar-refractivity contribution in [2.24, 2.45) is 0 Å². The van der Waals surface area contributed by atoms with Gasteiger partial charge in [0.25, 0.3) is 0 Å². The molecule has 6 nitrogen and oxygen atoms in total. The number of nitrogens with zero attached hydrogens (tertiary/aromatic N) is 4. The van der Waals surface area contributed by atoms with E-state index in [2.05, 4.69) is 70.6 Å². The first-order chi connectivity index (χ1) is 25.4. The Labute approximate surface area is 345 Å². The number of aromatic nitrogens is 4. The minimum atomic E-state index is 0. The average Bonchev–Trinajstić information content (AvgIpc) is 3.59. The molecule has 0 aliphatic rings. The molecule has 0 atom stereocenters. The molecule has 0 radical (unpaired) electrons. The van der Waals surface area contributed by atoms with Gasteiger partial charge in [0, 0.05) is 111 Å². The number of ether oxygens (including phenoxy) is 2. The smallest absolute Gasteiger partial charge is 0.215 e. The third-order valence-corrected chi connectivity index (χ3v) is 8.35. The number of benzene rings is 4. The van der Waals surface area contributed by atoms with Gasteiger partial charge in [0.15, 0.2) is 0 Å². The fourth-order valence-electron chi connectivity index (χ4n) is 5.78. The molecule has 0 amide bonds. The second kappa shape index (κ2) is 19.4. The first-order valence-corrected chi connectivity index (χ1v) is 16.4. The largest absolute Gasteiger partial charge is 0.669 e. The molecule has 274 valence electrons. The fraction of sp³-hybridized carbons (Fsp3) is 0.0870. The summed E-state index contributed by atoms with van der Waals surface area (Å²) in [6.07, 6.45) is 17.7. The summed E-state index contributed by atoms with van der Waals surface area (Å²) in [4.78, 5) is 8.28. The Morgan fingerprint density at radius 3 is 1.13 bits per heavy atom. The summed E-state index contributed by atoms with van der Waals surface area (Å²) in [5, 5.41) is 4.83.